The summed E-state index contributed by atoms with van der Waals surface area (Å²) in [6.45, 7) is 8.90. The van der Waals surface area contributed by atoms with Crippen molar-refractivity contribution in [3.05, 3.63) is 0 Å². The molecule has 3 atom stereocenters. The van der Waals surface area contributed by atoms with Crippen LogP contribution in [0.25, 0.3) is 0 Å². The minimum Gasteiger partial charge on any atom is -0.374 e. The number of rotatable bonds is 5. The first kappa shape index (κ1) is 12.3. The summed E-state index contributed by atoms with van der Waals surface area (Å²) >= 11 is 0. The van der Waals surface area contributed by atoms with Crippen molar-refractivity contribution in [3.63, 3.8) is 0 Å². The zero-order valence-corrected chi connectivity index (χ0v) is 10.7. The maximum Gasteiger partial charge on any atom is 0.0827 e. The van der Waals surface area contributed by atoms with Crippen LogP contribution in [0, 0.1) is 0 Å². The molecule has 0 aromatic carbocycles. The molecule has 2 heterocycles. The number of hydrogen-bond donors (Lipinski definition) is 1. The van der Waals surface area contributed by atoms with Crippen molar-refractivity contribution in [3.8, 4) is 0 Å². The average Bonchev–Trinajstić information content (AvgIpc) is 2.74. The third-order valence-electron chi connectivity index (χ3n) is 3.88. The average molecular weight is 226 g/mol. The highest BCUT2D eigenvalue weighted by Crippen LogP contribution is 2.22. The van der Waals surface area contributed by atoms with Gasteiger partial charge in [0.1, 0.15) is 0 Å². The SMILES string of the molecule is CCCC(C)NCC1CN2CCCC2CO1. The van der Waals surface area contributed by atoms with Crippen molar-refractivity contribution in [1.29, 1.82) is 0 Å². The van der Waals surface area contributed by atoms with E-state index in [-0.39, 0.29) is 0 Å². The van der Waals surface area contributed by atoms with Gasteiger partial charge in [-0.2, -0.15) is 0 Å². The molecule has 0 aliphatic carbocycles. The Bertz CT molecular complexity index is 210. The molecule has 0 amide bonds. The highest BCUT2D eigenvalue weighted by atomic mass is 16.5. The van der Waals surface area contributed by atoms with Gasteiger partial charge in [-0.15, -0.1) is 0 Å². The lowest BCUT2D eigenvalue weighted by Crippen LogP contribution is -2.50. The Balaban J connectivity index is 1.67. The highest BCUT2D eigenvalue weighted by Gasteiger charge is 2.31. The first-order valence-electron chi connectivity index (χ1n) is 6.88. The van der Waals surface area contributed by atoms with Crippen LogP contribution in [0.2, 0.25) is 0 Å². The van der Waals surface area contributed by atoms with Crippen LogP contribution in [-0.2, 0) is 4.74 Å². The number of nitrogens with zero attached hydrogens (tertiary/aromatic N) is 1. The summed E-state index contributed by atoms with van der Waals surface area (Å²) in [5.41, 5.74) is 0. The van der Waals surface area contributed by atoms with Gasteiger partial charge in [0.05, 0.1) is 12.7 Å². The molecule has 3 unspecified atom stereocenters. The first-order chi connectivity index (χ1) is 7.79. The number of ether oxygens (including phenoxy) is 1. The van der Waals surface area contributed by atoms with Crippen LogP contribution in [0.1, 0.15) is 39.5 Å². The van der Waals surface area contributed by atoms with Crippen LogP contribution in [-0.4, -0.2) is 49.3 Å². The van der Waals surface area contributed by atoms with Gasteiger partial charge >= 0.3 is 0 Å². The number of hydrogen-bond acceptors (Lipinski definition) is 3. The molecule has 0 aromatic rings. The van der Waals surface area contributed by atoms with Crippen LogP contribution in [0.15, 0.2) is 0 Å². The maximum absolute atomic E-state index is 5.92. The Morgan fingerprint density at radius 2 is 2.38 bits per heavy atom. The predicted molar refractivity (Wildman–Crippen MR) is 66.7 cm³/mol. The second-order valence-corrected chi connectivity index (χ2v) is 5.34. The predicted octanol–water partition coefficient (Wildman–Crippen LogP) is 1.63. The van der Waals surface area contributed by atoms with Crippen LogP contribution in [0.4, 0.5) is 0 Å². The van der Waals surface area contributed by atoms with E-state index in [4.69, 9.17) is 4.74 Å². The lowest BCUT2D eigenvalue weighted by atomic mass is 10.1. The van der Waals surface area contributed by atoms with Crippen LogP contribution < -0.4 is 5.32 Å². The quantitative estimate of drug-likeness (QED) is 0.771. The van der Waals surface area contributed by atoms with Gasteiger partial charge in [0.25, 0.3) is 0 Å². The zero-order chi connectivity index (χ0) is 11.4. The van der Waals surface area contributed by atoms with E-state index in [0.717, 1.165) is 25.7 Å². The molecule has 2 rings (SSSR count). The third-order valence-corrected chi connectivity index (χ3v) is 3.88. The van der Waals surface area contributed by atoms with E-state index < -0.39 is 0 Å². The van der Waals surface area contributed by atoms with E-state index in [1.807, 2.05) is 0 Å². The third kappa shape index (κ3) is 3.19. The zero-order valence-electron chi connectivity index (χ0n) is 10.7. The molecule has 0 saturated carbocycles. The Morgan fingerprint density at radius 1 is 1.50 bits per heavy atom. The summed E-state index contributed by atoms with van der Waals surface area (Å²) < 4.78 is 5.92. The van der Waals surface area contributed by atoms with E-state index >= 15 is 0 Å². The van der Waals surface area contributed by atoms with Gasteiger partial charge in [-0.25, -0.2) is 0 Å². The van der Waals surface area contributed by atoms with Crippen molar-refractivity contribution in [2.45, 2.75) is 57.7 Å². The summed E-state index contributed by atoms with van der Waals surface area (Å²) in [4.78, 5) is 2.61. The van der Waals surface area contributed by atoms with Gasteiger partial charge < -0.3 is 10.1 Å². The molecule has 0 spiro atoms. The highest BCUT2D eigenvalue weighted by molar-refractivity contribution is 4.86. The lowest BCUT2D eigenvalue weighted by molar-refractivity contribution is -0.0477. The number of fused-ring (bicyclic) bond motifs is 1. The van der Waals surface area contributed by atoms with Gasteiger partial charge in [0.2, 0.25) is 0 Å². The van der Waals surface area contributed by atoms with Crippen molar-refractivity contribution in [2.75, 3.05) is 26.2 Å². The standard InChI is InChI=1S/C13H26N2O/c1-3-5-11(2)14-8-13-9-15-7-4-6-12(15)10-16-13/h11-14H,3-10H2,1-2H3. The molecular weight excluding hydrogens is 200 g/mol. The number of nitrogens with one attached hydrogen (secondary N) is 1. The van der Waals surface area contributed by atoms with Gasteiger partial charge in [0.15, 0.2) is 0 Å². The Hall–Kier alpha value is -0.120. The smallest absolute Gasteiger partial charge is 0.0827 e. The number of morpholine rings is 1. The molecule has 2 aliphatic heterocycles. The summed E-state index contributed by atoms with van der Waals surface area (Å²) in [7, 11) is 0. The Morgan fingerprint density at radius 3 is 3.19 bits per heavy atom. The molecule has 2 aliphatic rings. The van der Waals surface area contributed by atoms with Crippen LogP contribution >= 0.6 is 0 Å². The Labute approximate surface area is 99.5 Å². The van der Waals surface area contributed by atoms with E-state index in [9.17, 15) is 0 Å². The molecule has 0 radical (unpaired) electrons. The molecule has 2 fully saturated rings. The molecule has 1 N–H and O–H groups in total. The Kier molecular flexibility index (Phi) is 4.62. The second kappa shape index (κ2) is 5.99. The topological polar surface area (TPSA) is 24.5 Å². The normalized spacial score (nSPS) is 32.6. The van der Waals surface area contributed by atoms with Gasteiger partial charge in [-0.3, -0.25) is 4.90 Å². The van der Waals surface area contributed by atoms with E-state index in [1.165, 1.54) is 32.2 Å². The molecule has 3 nitrogen and oxygen atoms in total. The summed E-state index contributed by atoms with van der Waals surface area (Å²) in [5, 5.41) is 3.58. The monoisotopic (exact) mass is 226 g/mol. The van der Waals surface area contributed by atoms with Gasteiger partial charge in [0, 0.05) is 25.2 Å². The molecule has 0 bridgehead atoms. The molecule has 94 valence electrons. The second-order valence-electron chi connectivity index (χ2n) is 5.34. The van der Waals surface area contributed by atoms with Crippen molar-refractivity contribution in [2.24, 2.45) is 0 Å². The molecule has 3 heteroatoms. The van der Waals surface area contributed by atoms with Crippen LogP contribution in [0.3, 0.4) is 0 Å². The minimum atomic E-state index is 0.411. The molecular formula is C13H26N2O. The minimum absolute atomic E-state index is 0.411. The van der Waals surface area contributed by atoms with Crippen LogP contribution in [0.5, 0.6) is 0 Å². The van der Waals surface area contributed by atoms with E-state index in [0.29, 0.717) is 12.1 Å². The van der Waals surface area contributed by atoms with Crippen molar-refractivity contribution in [1.82, 2.24) is 10.2 Å². The summed E-state index contributed by atoms with van der Waals surface area (Å²) in [5.74, 6) is 0. The fourth-order valence-electron chi connectivity index (χ4n) is 2.88. The van der Waals surface area contributed by atoms with Gasteiger partial charge in [-0.1, -0.05) is 13.3 Å². The largest absolute Gasteiger partial charge is 0.374 e. The van der Waals surface area contributed by atoms with Crippen molar-refractivity contribution < 1.29 is 4.74 Å². The first-order valence-corrected chi connectivity index (χ1v) is 6.88. The lowest BCUT2D eigenvalue weighted by Gasteiger charge is -2.35. The molecule has 16 heavy (non-hydrogen) atoms. The van der Waals surface area contributed by atoms with Crippen molar-refractivity contribution >= 4 is 0 Å². The fourth-order valence-corrected chi connectivity index (χ4v) is 2.88. The fraction of sp³-hybridized carbons (Fsp3) is 1.00. The summed E-state index contributed by atoms with van der Waals surface area (Å²) in [6.07, 6.45) is 5.63. The van der Waals surface area contributed by atoms with E-state index in [1.54, 1.807) is 0 Å². The maximum atomic E-state index is 5.92. The van der Waals surface area contributed by atoms with E-state index in [2.05, 4.69) is 24.1 Å². The molecule has 2 saturated heterocycles. The molecule has 0 aromatic heterocycles. The van der Waals surface area contributed by atoms with Gasteiger partial charge in [-0.05, 0) is 32.7 Å². The summed E-state index contributed by atoms with van der Waals surface area (Å²) in [6, 6.07) is 1.36.